The number of hydrogen-bond acceptors (Lipinski definition) is 1. The zero-order valence-corrected chi connectivity index (χ0v) is 11.3. The molecule has 1 aromatic rings. The number of rotatable bonds is 4. The molecule has 0 aliphatic heterocycles. The fourth-order valence-electron chi connectivity index (χ4n) is 3.91. The van der Waals surface area contributed by atoms with Crippen LogP contribution in [0.1, 0.15) is 56.3 Å². The van der Waals surface area contributed by atoms with E-state index in [2.05, 4.69) is 31.2 Å². The molecule has 18 heavy (non-hydrogen) atoms. The predicted molar refractivity (Wildman–Crippen MR) is 74.3 cm³/mol. The summed E-state index contributed by atoms with van der Waals surface area (Å²) in [5.41, 5.74) is 2.52. The standard InChI is InChI=1S/C17H24O/c1-2-5-12-8-10-13(11-9-12)17(18)16-14-6-3-4-7-15(14)16/h8-11,14-18H,2-7H2,1H3. The summed E-state index contributed by atoms with van der Waals surface area (Å²) in [5, 5.41) is 10.5. The maximum atomic E-state index is 10.5. The van der Waals surface area contributed by atoms with Crippen molar-refractivity contribution in [2.75, 3.05) is 0 Å². The van der Waals surface area contributed by atoms with Gasteiger partial charge in [0.1, 0.15) is 0 Å². The summed E-state index contributed by atoms with van der Waals surface area (Å²) >= 11 is 0. The van der Waals surface area contributed by atoms with Gasteiger partial charge >= 0.3 is 0 Å². The van der Waals surface area contributed by atoms with Crippen molar-refractivity contribution in [1.29, 1.82) is 0 Å². The van der Waals surface area contributed by atoms with Crippen LogP contribution in [0.25, 0.3) is 0 Å². The molecule has 0 amide bonds. The zero-order chi connectivity index (χ0) is 12.5. The van der Waals surface area contributed by atoms with Crippen molar-refractivity contribution in [3.8, 4) is 0 Å². The zero-order valence-electron chi connectivity index (χ0n) is 11.3. The Hall–Kier alpha value is -0.820. The van der Waals surface area contributed by atoms with Gasteiger partial charge in [-0.25, -0.2) is 0 Å². The molecule has 3 rings (SSSR count). The lowest BCUT2D eigenvalue weighted by Gasteiger charge is -2.11. The van der Waals surface area contributed by atoms with Crippen molar-refractivity contribution < 1.29 is 5.11 Å². The lowest BCUT2D eigenvalue weighted by atomic mass is 10.0. The Kier molecular flexibility index (Phi) is 3.43. The van der Waals surface area contributed by atoms with E-state index in [9.17, 15) is 5.11 Å². The van der Waals surface area contributed by atoms with Crippen LogP contribution < -0.4 is 0 Å². The van der Waals surface area contributed by atoms with Crippen molar-refractivity contribution in [1.82, 2.24) is 0 Å². The Morgan fingerprint density at radius 2 is 1.72 bits per heavy atom. The van der Waals surface area contributed by atoms with E-state index in [-0.39, 0.29) is 6.10 Å². The van der Waals surface area contributed by atoms with Crippen molar-refractivity contribution >= 4 is 0 Å². The van der Waals surface area contributed by atoms with E-state index in [0.717, 1.165) is 23.8 Å². The molecule has 2 saturated carbocycles. The highest BCUT2D eigenvalue weighted by Gasteiger charge is 2.54. The van der Waals surface area contributed by atoms with Crippen LogP contribution in [0.15, 0.2) is 24.3 Å². The molecule has 2 fully saturated rings. The second-order valence-corrected chi connectivity index (χ2v) is 6.13. The van der Waals surface area contributed by atoms with Crippen LogP contribution in [0, 0.1) is 17.8 Å². The average molecular weight is 244 g/mol. The van der Waals surface area contributed by atoms with Gasteiger partial charge in [0.05, 0.1) is 6.10 Å². The first-order valence-electron chi connectivity index (χ1n) is 7.58. The molecular weight excluding hydrogens is 220 g/mol. The van der Waals surface area contributed by atoms with Gasteiger partial charge in [0.15, 0.2) is 0 Å². The van der Waals surface area contributed by atoms with Gasteiger partial charge in [-0.1, -0.05) is 50.5 Å². The quantitative estimate of drug-likeness (QED) is 0.845. The summed E-state index contributed by atoms with van der Waals surface area (Å²) < 4.78 is 0. The normalized spacial score (nSPS) is 31.8. The number of hydrogen-bond donors (Lipinski definition) is 1. The number of aryl methyl sites for hydroxylation is 1. The van der Waals surface area contributed by atoms with Crippen LogP contribution in [0.2, 0.25) is 0 Å². The molecule has 1 aromatic carbocycles. The molecule has 0 radical (unpaired) electrons. The second kappa shape index (κ2) is 5.05. The fraction of sp³-hybridized carbons (Fsp3) is 0.647. The molecule has 0 bridgehead atoms. The third kappa shape index (κ3) is 2.21. The van der Waals surface area contributed by atoms with Crippen molar-refractivity contribution in [3.05, 3.63) is 35.4 Å². The molecule has 1 heteroatoms. The molecule has 98 valence electrons. The number of aliphatic hydroxyl groups is 1. The minimum absolute atomic E-state index is 0.214. The topological polar surface area (TPSA) is 20.2 Å². The first-order chi connectivity index (χ1) is 8.81. The SMILES string of the molecule is CCCc1ccc(C(O)C2C3CCCCC32)cc1. The van der Waals surface area contributed by atoms with Gasteiger partial charge in [-0.2, -0.15) is 0 Å². The van der Waals surface area contributed by atoms with E-state index in [1.165, 1.54) is 37.7 Å². The van der Waals surface area contributed by atoms with Gasteiger partial charge in [0.2, 0.25) is 0 Å². The van der Waals surface area contributed by atoms with E-state index >= 15 is 0 Å². The van der Waals surface area contributed by atoms with Crippen LogP contribution in [-0.2, 0) is 6.42 Å². The number of fused-ring (bicyclic) bond motifs is 1. The van der Waals surface area contributed by atoms with Gasteiger partial charge in [-0.15, -0.1) is 0 Å². The van der Waals surface area contributed by atoms with Crippen LogP contribution in [0.4, 0.5) is 0 Å². The Morgan fingerprint density at radius 1 is 1.11 bits per heavy atom. The molecule has 1 N–H and O–H groups in total. The second-order valence-electron chi connectivity index (χ2n) is 6.13. The third-order valence-electron chi connectivity index (χ3n) is 4.95. The molecular formula is C17H24O. The summed E-state index contributed by atoms with van der Waals surface area (Å²) in [7, 11) is 0. The Labute approximate surface area is 110 Å². The molecule has 0 saturated heterocycles. The van der Waals surface area contributed by atoms with Crippen LogP contribution in [0.5, 0.6) is 0 Å². The number of benzene rings is 1. The summed E-state index contributed by atoms with van der Waals surface area (Å²) in [6.07, 6.45) is 7.56. The number of aliphatic hydroxyl groups excluding tert-OH is 1. The lowest BCUT2D eigenvalue weighted by Crippen LogP contribution is -2.02. The summed E-state index contributed by atoms with van der Waals surface area (Å²) in [6.45, 7) is 2.21. The van der Waals surface area contributed by atoms with Gasteiger partial charge in [-0.05, 0) is 48.1 Å². The monoisotopic (exact) mass is 244 g/mol. The minimum atomic E-state index is -0.214. The van der Waals surface area contributed by atoms with Crippen LogP contribution in [0.3, 0.4) is 0 Å². The summed E-state index contributed by atoms with van der Waals surface area (Å²) in [4.78, 5) is 0. The van der Waals surface area contributed by atoms with Gasteiger partial charge in [-0.3, -0.25) is 0 Å². The highest BCUT2D eigenvalue weighted by atomic mass is 16.3. The molecule has 2 aliphatic carbocycles. The van der Waals surface area contributed by atoms with Gasteiger partial charge in [0, 0.05) is 0 Å². The Balaban J connectivity index is 1.67. The van der Waals surface area contributed by atoms with Crippen molar-refractivity contribution in [2.45, 2.75) is 51.6 Å². The Morgan fingerprint density at radius 3 is 2.28 bits per heavy atom. The van der Waals surface area contributed by atoms with E-state index in [4.69, 9.17) is 0 Å². The highest BCUT2D eigenvalue weighted by molar-refractivity contribution is 5.26. The minimum Gasteiger partial charge on any atom is -0.388 e. The first-order valence-corrected chi connectivity index (χ1v) is 7.58. The molecule has 1 nitrogen and oxygen atoms in total. The largest absolute Gasteiger partial charge is 0.388 e. The molecule has 3 atom stereocenters. The molecule has 3 unspecified atom stereocenters. The molecule has 0 heterocycles. The van der Waals surface area contributed by atoms with E-state index in [1.54, 1.807) is 0 Å². The summed E-state index contributed by atoms with van der Waals surface area (Å²) in [5.74, 6) is 2.21. The summed E-state index contributed by atoms with van der Waals surface area (Å²) in [6, 6.07) is 8.65. The molecule has 0 aromatic heterocycles. The first kappa shape index (κ1) is 12.2. The van der Waals surface area contributed by atoms with E-state index in [0.29, 0.717) is 5.92 Å². The maximum Gasteiger partial charge on any atom is 0.0823 e. The maximum absolute atomic E-state index is 10.5. The fourth-order valence-corrected chi connectivity index (χ4v) is 3.91. The smallest absolute Gasteiger partial charge is 0.0823 e. The highest BCUT2D eigenvalue weighted by Crippen LogP contribution is 2.60. The molecule has 2 aliphatic rings. The van der Waals surface area contributed by atoms with Crippen molar-refractivity contribution in [2.24, 2.45) is 17.8 Å². The average Bonchev–Trinajstić information content (AvgIpc) is 3.13. The van der Waals surface area contributed by atoms with Gasteiger partial charge < -0.3 is 5.11 Å². The van der Waals surface area contributed by atoms with Crippen LogP contribution in [-0.4, -0.2) is 5.11 Å². The lowest BCUT2D eigenvalue weighted by molar-refractivity contribution is 0.142. The van der Waals surface area contributed by atoms with E-state index in [1.807, 2.05) is 0 Å². The Bertz CT molecular complexity index is 383. The van der Waals surface area contributed by atoms with Crippen LogP contribution >= 0.6 is 0 Å². The predicted octanol–water partition coefficient (Wildman–Crippen LogP) is 4.11. The molecule has 0 spiro atoms. The third-order valence-corrected chi connectivity index (χ3v) is 4.95. The van der Waals surface area contributed by atoms with Crippen molar-refractivity contribution in [3.63, 3.8) is 0 Å². The van der Waals surface area contributed by atoms with Gasteiger partial charge in [0.25, 0.3) is 0 Å². The van der Waals surface area contributed by atoms with E-state index < -0.39 is 0 Å².